The van der Waals surface area contributed by atoms with Gasteiger partial charge in [0.1, 0.15) is 23.2 Å². The van der Waals surface area contributed by atoms with Gasteiger partial charge in [0.2, 0.25) is 0 Å². The third-order valence-corrected chi connectivity index (χ3v) is 7.41. The second kappa shape index (κ2) is 8.75. The Morgan fingerprint density at radius 1 is 0.935 bits per heavy atom. The second-order valence-electron chi connectivity index (χ2n) is 7.22. The number of rotatable bonds is 4. The molecule has 8 heteroatoms. The van der Waals surface area contributed by atoms with E-state index in [-0.39, 0.29) is 5.97 Å². The number of hydrogen-bond donors (Lipinski definition) is 0. The molecule has 3 aromatic rings. The third-order valence-electron chi connectivity index (χ3n) is 5.52. The van der Waals surface area contributed by atoms with Crippen molar-refractivity contribution in [3.63, 3.8) is 0 Å². The molecule has 4 unspecified atom stereocenters. The highest BCUT2D eigenvalue weighted by Crippen LogP contribution is 2.49. The quantitative estimate of drug-likeness (QED) is 0.333. The van der Waals surface area contributed by atoms with E-state index in [1.165, 1.54) is 0 Å². The lowest BCUT2D eigenvalue weighted by atomic mass is 9.84. The molecule has 160 valence electrons. The van der Waals surface area contributed by atoms with Crippen molar-refractivity contribution in [2.75, 3.05) is 26.2 Å². The summed E-state index contributed by atoms with van der Waals surface area (Å²) in [6, 6.07) is 15.3. The molecule has 0 saturated carbocycles. The number of esters is 1. The van der Waals surface area contributed by atoms with Crippen LogP contribution in [0.2, 0.25) is 0 Å². The maximum atomic E-state index is 13.7. The maximum absolute atomic E-state index is 13.7. The predicted octanol–water partition coefficient (Wildman–Crippen LogP) is 3.02. The highest BCUT2D eigenvalue weighted by molar-refractivity contribution is 7.36. The zero-order chi connectivity index (χ0) is 22.3. The van der Waals surface area contributed by atoms with E-state index in [1.54, 1.807) is 14.2 Å². The molecule has 0 spiro atoms. The molecule has 4 atom stereocenters. The van der Waals surface area contributed by atoms with Gasteiger partial charge in [0.05, 0.1) is 14.2 Å². The predicted molar refractivity (Wildman–Crippen MR) is 136 cm³/mol. The minimum absolute atomic E-state index is 0.367. The highest BCUT2D eigenvalue weighted by Gasteiger charge is 2.38. The van der Waals surface area contributed by atoms with Crippen molar-refractivity contribution in [3.05, 3.63) is 59.7 Å². The SMILES string of the molecule is COc1ccc2c(c1)N(C)c1cccc(OC)c1C2C(=O)Oc1c(P)ccc(P)c1P. The van der Waals surface area contributed by atoms with Crippen LogP contribution in [-0.4, -0.2) is 27.2 Å². The number of carbonyl (C=O) groups excluding carboxylic acids is 1. The van der Waals surface area contributed by atoms with Crippen LogP contribution >= 0.6 is 27.7 Å². The van der Waals surface area contributed by atoms with Crippen LogP contribution < -0.4 is 35.0 Å². The van der Waals surface area contributed by atoms with Gasteiger partial charge in [0.25, 0.3) is 0 Å². The fraction of sp³-hybridized carbons (Fsp3) is 0.174. The molecule has 31 heavy (non-hydrogen) atoms. The summed E-state index contributed by atoms with van der Waals surface area (Å²) in [4.78, 5) is 15.7. The Balaban J connectivity index is 1.89. The molecule has 1 heterocycles. The van der Waals surface area contributed by atoms with Gasteiger partial charge in [-0.15, -0.1) is 27.7 Å². The van der Waals surface area contributed by atoms with Crippen molar-refractivity contribution in [2.45, 2.75) is 5.92 Å². The van der Waals surface area contributed by atoms with Crippen LogP contribution in [-0.2, 0) is 4.79 Å². The summed E-state index contributed by atoms with van der Waals surface area (Å²) in [6.45, 7) is 0. The van der Waals surface area contributed by atoms with Crippen LogP contribution in [0.15, 0.2) is 48.5 Å². The van der Waals surface area contributed by atoms with Crippen LogP contribution in [0.25, 0.3) is 0 Å². The van der Waals surface area contributed by atoms with E-state index in [0.717, 1.165) is 44.2 Å². The van der Waals surface area contributed by atoms with Crippen LogP contribution in [0.3, 0.4) is 0 Å². The summed E-state index contributed by atoms with van der Waals surface area (Å²) in [6.07, 6.45) is 0. The summed E-state index contributed by atoms with van der Waals surface area (Å²) in [5.74, 6) is 0.875. The number of ether oxygens (including phenoxy) is 3. The van der Waals surface area contributed by atoms with Gasteiger partial charge in [0.15, 0.2) is 0 Å². The maximum Gasteiger partial charge on any atom is 0.323 e. The summed E-state index contributed by atoms with van der Waals surface area (Å²) < 4.78 is 17.1. The normalized spacial score (nSPS) is 14.5. The van der Waals surface area contributed by atoms with Crippen LogP contribution in [0.4, 0.5) is 11.4 Å². The highest BCUT2D eigenvalue weighted by atomic mass is 31.0. The zero-order valence-electron chi connectivity index (χ0n) is 17.5. The lowest BCUT2D eigenvalue weighted by molar-refractivity contribution is -0.135. The number of methoxy groups -OCH3 is 2. The molecule has 0 amide bonds. The van der Waals surface area contributed by atoms with Gasteiger partial charge in [-0.2, -0.15) is 0 Å². The minimum atomic E-state index is -0.648. The molecule has 5 nitrogen and oxygen atoms in total. The first-order valence-corrected chi connectivity index (χ1v) is 11.3. The van der Waals surface area contributed by atoms with E-state index in [2.05, 4.69) is 27.7 Å². The number of nitrogens with zero attached hydrogens (tertiary/aromatic N) is 1. The molecule has 0 bridgehead atoms. The van der Waals surface area contributed by atoms with Gasteiger partial charge in [-0.3, -0.25) is 4.79 Å². The average Bonchev–Trinajstić information content (AvgIpc) is 2.79. The molecule has 1 aliphatic heterocycles. The molecule has 0 fully saturated rings. The van der Waals surface area contributed by atoms with E-state index in [0.29, 0.717) is 11.5 Å². The Morgan fingerprint density at radius 3 is 2.39 bits per heavy atom. The van der Waals surface area contributed by atoms with Crippen molar-refractivity contribution >= 4 is 61.0 Å². The van der Waals surface area contributed by atoms with Crippen molar-refractivity contribution in [1.82, 2.24) is 0 Å². The first-order valence-electron chi connectivity index (χ1n) is 9.61. The van der Waals surface area contributed by atoms with Gasteiger partial charge >= 0.3 is 5.97 Å². The van der Waals surface area contributed by atoms with Gasteiger partial charge in [-0.05, 0) is 29.1 Å². The Bertz CT molecular complexity index is 1180. The van der Waals surface area contributed by atoms with E-state index < -0.39 is 5.92 Å². The van der Waals surface area contributed by atoms with E-state index >= 15 is 0 Å². The van der Waals surface area contributed by atoms with E-state index in [4.69, 9.17) is 14.2 Å². The molecule has 3 aromatic carbocycles. The Labute approximate surface area is 189 Å². The molecule has 0 saturated heterocycles. The summed E-state index contributed by atoms with van der Waals surface area (Å²) in [5, 5.41) is 2.59. The number of hydrogen-bond acceptors (Lipinski definition) is 5. The van der Waals surface area contributed by atoms with Gasteiger partial charge in [-0.1, -0.05) is 24.3 Å². The Morgan fingerprint density at radius 2 is 1.68 bits per heavy atom. The lowest BCUT2D eigenvalue weighted by Crippen LogP contribution is -2.31. The van der Waals surface area contributed by atoms with Gasteiger partial charge in [0, 0.05) is 40.7 Å². The molecule has 0 radical (unpaired) electrons. The molecule has 0 aromatic heterocycles. The smallest absolute Gasteiger partial charge is 0.323 e. The van der Waals surface area contributed by atoms with E-state index in [9.17, 15) is 4.79 Å². The van der Waals surface area contributed by atoms with Crippen molar-refractivity contribution < 1.29 is 19.0 Å². The Kier molecular flexibility index (Phi) is 6.22. The Hall–Kier alpha value is -2.18. The number of anilines is 2. The zero-order valence-corrected chi connectivity index (χ0v) is 21.0. The van der Waals surface area contributed by atoms with Crippen LogP contribution in [0.5, 0.6) is 17.2 Å². The van der Waals surface area contributed by atoms with Gasteiger partial charge in [-0.25, -0.2) is 0 Å². The summed E-state index contributed by atoms with van der Waals surface area (Å²) in [5.41, 5.74) is 3.40. The standard InChI is InChI=1S/C23H24NO4P3/c1-24-14-5-4-6-16(27-3)20(14)19(13-8-7-12(26-2)11-15(13)24)23(25)28-21-17(29)9-10-18(30)22(21)31/h4-11,19H,29-31H2,1-3H3. The van der Waals surface area contributed by atoms with Gasteiger partial charge < -0.3 is 19.1 Å². The first-order chi connectivity index (χ1) is 14.9. The summed E-state index contributed by atoms with van der Waals surface area (Å²) >= 11 is 0. The topological polar surface area (TPSA) is 48.0 Å². The number of benzene rings is 3. The lowest BCUT2D eigenvalue weighted by Gasteiger charge is -2.35. The molecule has 0 aliphatic carbocycles. The number of fused-ring (bicyclic) bond motifs is 2. The molecule has 4 rings (SSSR count). The minimum Gasteiger partial charge on any atom is -0.497 e. The number of carbonyl (C=O) groups is 1. The van der Waals surface area contributed by atoms with E-state index in [1.807, 2.05) is 60.5 Å². The van der Waals surface area contributed by atoms with Crippen LogP contribution in [0.1, 0.15) is 17.0 Å². The molecule has 0 N–H and O–H groups in total. The average molecular weight is 471 g/mol. The van der Waals surface area contributed by atoms with Crippen molar-refractivity contribution in [3.8, 4) is 17.2 Å². The fourth-order valence-corrected chi connectivity index (χ4v) is 4.94. The van der Waals surface area contributed by atoms with Crippen molar-refractivity contribution in [2.24, 2.45) is 0 Å². The second-order valence-corrected chi connectivity index (χ2v) is 9.04. The largest absolute Gasteiger partial charge is 0.497 e. The molecular weight excluding hydrogens is 447 g/mol. The molecular formula is C23H24NO4P3. The molecule has 1 aliphatic rings. The first kappa shape index (κ1) is 22.0. The van der Waals surface area contributed by atoms with Crippen molar-refractivity contribution in [1.29, 1.82) is 0 Å². The monoisotopic (exact) mass is 471 g/mol. The fourth-order valence-electron chi connectivity index (χ4n) is 3.91. The van der Waals surface area contributed by atoms with Crippen LogP contribution in [0, 0.1) is 0 Å². The third kappa shape index (κ3) is 3.80. The summed E-state index contributed by atoms with van der Waals surface area (Å²) in [7, 11) is 13.2.